The molecule has 0 aliphatic heterocycles. The van der Waals surface area contributed by atoms with Crippen LogP contribution in [0.1, 0.15) is 10.4 Å². The molecule has 0 spiro atoms. The van der Waals surface area contributed by atoms with E-state index in [9.17, 15) is 4.79 Å². The number of anilines is 1. The highest BCUT2D eigenvalue weighted by atomic mass is 35.5. The standard InChI is InChI=1S/C15H10Cl2N2O2S/c1-21-9-4-2-3-8(7-9)14(20)19-15-18-13-11(22-15)6-5-10(16)12(13)17/h2-7H,1H3,(H,18,19,20). The van der Waals surface area contributed by atoms with E-state index in [0.717, 1.165) is 4.70 Å². The number of hydrogen-bond acceptors (Lipinski definition) is 4. The highest BCUT2D eigenvalue weighted by molar-refractivity contribution is 7.22. The van der Waals surface area contributed by atoms with Gasteiger partial charge >= 0.3 is 0 Å². The number of ether oxygens (including phenoxy) is 1. The Morgan fingerprint density at radius 1 is 1.27 bits per heavy atom. The summed E-state index contributed by atoms with van der Waals surface area (Å²) >= 11 is 13.4. The molecule has 0 bridgehead atoms. The Kier molecular flexibility index (Phi) is 4.20. The normalized spacial score (nSPS) is 10.7. The van der Waals surface area contributed by atoms with E-state index >= 15 is 0 Å². The van der Waals surface area contributed by atoms with Crippen molar-refractivity contribution in [3.63, 3.8) is 0 Å². The summed E-state index contributed by atoms with van der Waals surface area (Å²) in [5, 5.41) is 4.04. The monoisotopic (exact) mass is 352 g/mol. The van der Waals surface area contributed by atoms with Gasteiger partial charge in [-0.25, -0.2) is 4.98 Å². The van der Waals surface area contributed by atoms with Crippen LogP contribution in [-0.4, -0.2) is 18.0 Å². The molecule has 1 heterocycles. The minimum Gasteiger partial charge on any atom is -0.497 e. The van der Waals surface area contributed by atoms with Crippen LogP contribution in [0.25, 0.3) is 10.2 Å². The number of halogens is 2. The van der Waals surface area contributed by atoms with Crippen LogP contribution in [-0.2, 0) is 0 Å². The number of thiazole rings is 1. The molecule has 112 valence electrons. The lowest BCUT2D eigenvalue weighted by Crippen LogP contribution is -2.11. The maximum atomic E-state index is 12.3. The zero-order valence-electron chi connectivity index (χ0n) is 11.4. The summed E-state index contributed by atoms with van der Waals surface area (Å²) in [5.74, 6) is 0.354. The van der Waals surface area contributed by atoms with Gasteiger partial charge in [0.25, 0.3) is 5.91 Å². The molecule has 0 aliphatic rings. The van der Waals surface area contributed by atoms with Gasteiger partial charge in [0, 0.05) is 5.56 Å². The first-order valence-corrected chi connectivity index (χ1v) is 7.85. The number of carbonyl (C=O) groups is 1. The Morgan fingerprint density at radius 3 is 2.86 bits per heavy atom. The van der Waals surface area contributed by atoms with E-state index in [4.69, 9.17) is 27.9 Å². The number of nitrogens with one attached hydrogen (secondary N) is 1. The van der Waals surface area contributed by atoms with Gasteiger partial charge in [-0.05, 0) is 30.3 Å². The molecule has 0 fully saturated rings. The summed E-state index contributed by atoms with van der Waals surface area (Å²) in [5.41, 5.74) is 1.07. The third-order valence-electron chi connectivity index (χ3n) is 3.00. The average molecular weight is 353 g/mol. The van der Waals surface area contributed by atoms with Crippen LogP contribution >= 0.6 is 34.5 Å². The van der Waals surface area contributed by atoms with E-state index in [-0.39, 0.29) is 5.91 Å². The predicted octanol–water partition coefficient (Wildman–Crippen LogP) is 4.86. The minimum absolute atomic E-state index is 0.264. The fraction of sp³-hybridized carbons (Fsp3) is 0.0667. The maximum Gasteiger partial charge on any atom is 0.257 e. The highest BCUT2D eigenvalue weighted by Gasteiger charge is 2.13. The molecule has 1 N–H and O–H groups in total. The quantitative estimate of drug-likeness (QED) is 0.731. The maximum absolute atomic E-state index is 12.3. The fourth-order valence-electron chi connectivity index (χ4n) is 1.92. The van der Waals surface area contributed by atoms with Crippen molar-refractivity contribution in [2.75, 3.05) is 12.4 Å². The van der Waals surface area contributed by atoms with E-state index in [1.165, 1.54) is 11.3 Å². The van der Waals surface area contributed by atoms with Crippen molar-refractivity contribution in [1.29, 1.82) is 0 Å². The summed E-state index contributed by atoms with van der Waals surface area (Å²) in [6, 6.07) is 10.4. The van der Waals surface area contributed by atoms with Gasteiger partial charge in [0.1, 0.15) is 11.3 Å². The Morgan fingerprint density at radius 2 is 2.09 bits per heavy atom. The van der Waals surface area contributed by atoms with Gasteiger partial charge in [0.05, 0.1) is 21.9 Å². The van der Waals surface area contributed by atoms with Crippen LogP contribution in [0.3, 0.4) is 0 Å². The molecule has 3 aromatic rings. The average Bonchev–Trinajstić information content (AvgIpc) is 2.94. The Labute approximate surface area is 140 Å². The highest BCUT2D eigenvalue weighted by Crippen LogP contribution is 2.35. The molecule has 1 amide bonds. The van der Waals surface area contributed by atoms with Crippen LogP contribution in [0.4, 0.5) is 5.13 Å². The molecule has 0 aliphatic carbocycles. The van der Waals surface area contributed by atoms with Crippen molar-refractivity contribution in [2.45, 2.75) is 0 Å². The Hall–Kier alpha value is -1.82. The van der Waals surface area contributed by atoms with Crippen LogP contribution in [0.15, 0.2) is 36.4 Å². The molecule has 0 unspecified atom stereocenters. The number of fused-ring (bicyclic) bond motifs is 1. The number of carbonyl (C=O) groups excluding carboxylic acids is 1. The second kappa shape index (κ2) is 6.12. The van der Waals surface area contributed by atoms with Gasteiger partial charge in [-0.15, -0.1) is 0 Å². The summed E-state index contributed by atoms with van der Waals surface area (Å²) in [7, 11) is 1.55. The molecule has 3 rings (SSSR count). The van der Waals surface area contributed by atoms with Gasteiger partial charge in [-0.2, -0.15) is 0 Å². The van der Waals surface area contributed by atoms with Crippen molar-refractivity contribution in [3.8, 4) is 5.75 Å². The molecule has 0 saturated carbocycles. The Balaban J connectivity index is 1.89. The van der Waals surface area contributed by atoms with Crippen LogP contribution in [0.2, 0.25) is 10.0 Å². The van der Waals surface area contributed by atoms with E-state index in [1.54, 1.807) is 37.4 Å². The molecule has 0 radical (unpaired) electrons. The first-order chi connectivity index (χ1) is 10.6. The molecular formula is C15H10Cl2N2O2S. The lowest BCUT2D eigenvalue weighted by molar-refractivity contribution is 0.102. The van der Waals surface area contributed by atoms with Gasteiger partial charge < -0.3 is 4.74 Å². The molecule has 0 saturated heterocycles. The number of methoxy groups -OCH3 is 1. The van der Waals surface area contributed by atoms with Crippen molar-refractivity contribution >= 4 is 55.8 Å². The SMILES string of the molecule is COc1cccc(C(=O)Nc2nc3c(Cl)c(Cl)ccc3s2)c1. The number of hydrogen-bond donors (Lipinski definition) is 1. The summed E-state index contributed by atoms with van der Waals surface area (Å²) in [6.45, 7) is 0. The van der Waals surface area contributed by atoms with Gasteiger partial charge in [-0.1, -0.05) is 40.6 Å². The molecular weight excluding hydrogens is 343 g/mol. The van der Waals surface area contributed by atoms with Crippen LogP contribution < -0.4 is 10.1 Å². The third-order valence-corrected chi connectivity index (χ3v) is 4.73. The van der Waals surface area contributed by atoms with Crippen LogP contribution in [0, 0.1) is 0 Å². The summed E-state index contributed by atoms with van der Waals surface area (Å²) in [6.07, 6.45) is 0. The number of amides is 1. The van der Waals surface area contributed by atoms with Crippen molar-refractivity contribution in [1.82, 2.24) is 4.98 Å². The van der Waals surface area contributed by atoms with Crippen molar-refractivity contribution in [3.05, 3.63) is 52.0 Å². The molecule has 7 heteroatoms. The van der Waals surface area contributed by atoms with Crippen molar-refractivity contribution in [2.24, 2.45) is 0 Å². The zero-order valence-corrected chi connectivity index (χ0v) is 13.7. The first-order valence-electron chi connectivity index (χ1n) is 6.28. The van der Waals surface area contributed by atoms with Gasteiger partial charge in [0.15, 0.2) is 5.13 Å². The van der Waals surface area contributed by atoms with Gasteiger partial charge in [-0.3, -0.25) is 10.1 Å². The molecule has 0 atom stereocenters. The lowest BCUT2D eigenvalue weighted by atomic mass is 10.2. The summed E-state index contributed by atoms with van der Waals surface area (Å²) < 4.78 is 5.96. The predicted molar refractivity (Wildman–Crippen MR) is 90.6 cm³/mol. The molecule has 1 aromatic heterocycles. The smallest absolute Gasteiger partial charge is 0.257 e. The lowest BCUT2D eigenvalue weighted by Gasteiger charge is -2.03. The van der Waals surface area contributed by atoms with Crippen LogP contribution in [0.5, 0.6) is 5.75 Å². The number of nitrogens with zero attached hydrogens (tertiary/aromatic N) is 1. The largest absolute Gasteiger partial charge is 0.497 e. The molecule has 4 nitrogen and oxygen atoms in total. The topological polar surface area (TPSA) is 51.2 Å². The summed E-state index contributed by atoms with van der Waals surface area (Å²) in [4.78, 5) is 16.6. The van der Waals surface area contributed by atoms with Gasteiger partial charge in [0.2, 0.25) is 0 Å². The number of benzene rings is 2. The fourth-order valence-corrected chi connectivity index (χ4v) is 3.21. The molecule has 22 heavy (non-hydrogen) atoms. The zero-order chi connectivity index (χ0) is 15.7. The second-order valence-electron chi connectivity index (χ2n) is 4.41. The number of aromatic nitrogens is 1. The van der Waals surface area contributed by atoms with E-state index < -0.39 is 0 Å². The van der Waals surface area contributed by atoms with E-state index in [1.807, 2.05) is 6.07 Å². The van der Waals surface area contributed by atoms with Crippen molar-refractivity contribution < 1.29 is 9.53 Å². The minimum atomic E-state index is -0.264. The second-order valence-corrected chi connectivity index (χ2v) is 6.23. The molecule has 2 aromatic carbocycles. The first kappa shape index (κ1) is 15.1. The van der Waals surface area contributed by atoms with E-state index in [0.29, 0.717) is 32.0 Å². The van der Waals surface area contributed by atoms with E-state index in [2.05, 4.69) is 10.3 Å². The Bertz CT molecular complexity index is 864. The third kappa shape index (κ3) is 2.88. The number of rotatable bonds is 3.